The molecule has 1 atom stereocenters. The zero-order valence-electron chi connectivity index (χ0n) is 14.9. The van der Waals surface area contributed by atoms with Gasteiger partial charge in [-0.05, 0) is 44.7 Å². The van der Waals surface area contributed by atoms with E-state index in [1.165, 1.54) is 0 Å². The number of rotatable bonds is 8. The first-order valence-corrected chi connectivity index (χ1v) is 8.37. The van der Waals surface area contributed by atoms with Gasteiger partial charge in [-0.2, -0.15) is 0 Å². The molecule has 0 heterocycles. The highest BCUT2D eigenvalue weighted by molar-refractivity contribution is 5.93. The number of hydrogen-bond donors (Lipinski definition) is 1. The number of esters is 1. The SMILES string of the molecule is CCCCNC(=O)C(C)(CC(C)C)OC(=O)c1ccc(C)cc1. The molecular formula is C19H29NO3. The Morgan fingerprint density at radius 2 is 1.83 bits per heavy atom. The summed E-state index contributed by atoms with van der Waals surface area (Å²) >= 11 is 0. The highest BCUT2D eigenvalue weighted by Gasteiger charge is 2.38. The van der Waals surface area contributed by atoms with Crippen LogP contribution in [0, 0.1) is 12.8 Å². The molecule has 1 rings (SSSR count). The fraction of sp³-hybridized carbons (Fsp3) is 0.579. The third kappa shape index (κ3) is 6.05. The van der Waals surface area contributed by atoms with Gasteiger partial charge in [0.1, 0.15) is 0 Å². The Morgan fingerprint density at radius 1 is 1.22 bits per heavy atom. The van der Waals surface area contributed by atoms with Gasteiger partial charge in [0.05, 0.1) is 5.56 Å². The highest BCUT2D eigenvalue weighted by atomic mass is 16.6. The Kier molecular flexibility index (Phi) is 7.27. The summed E-state index contributed by atoms with van der Waals surface area (Å²) in [5.74, 6) is -0.443. The average molecular weight is 319 g/mol. The van der Waals surface area contributed by atoms with Crippen LogP contribution in [0.25, 0.3) is 0 Å². The molecule has 0 bridgehead atoms. The van der Waals surface area contributed by atoms with Crippen LogP contribution in [-0.2, 0) is 9.53 Å². The maximum absolute atomic E-state index is 12.5. The van der Waals surface area contributed by atoms with Crippen molar-refractivity contribution in [1.29, 1.82) is 0 Å². The normalized spacial score (nSPS) is 13.5. The number of carbonyl (C=O) groups is 2. The first-order valence-electron chi connectivity index (χ1n) is 8.37. The van der Waals surface area contributed by atoms with E-state index in [9.17, 15) is 9.59 Å². The summed E-state index contributed by atoms with van der Waals surface area (Å²) in [5, 5.41) is 2.88. The monoisotopic (exact) mass is 319 g/mol. The minimum atomic E-state index is -1.15. The zero-order chi connectivity index (χ0) is 17.5. The lowest BCUT2D eigenvalue weighted by molar-refractivity contribution is -0.140. The number of hydrogen-bond acceptors (Lipinski definition) is 3. The molecule has 0 aromatic heterocycles. The van der Waals surface area contributed by atoms with E-state index in [0.717, 1.165) is 18.4 Å². The third-order valence-corrected chi connectivity index (χ3v) is 3.70. The van der Waals surface area contributed by atoms with Crippen LogP contribution in [0.3, 0.4) is 0 Å². The minimum Gasteiger partial charge on any atom is -0.446 e. The van der Waals surface area contributed by atoms with Gasteiger partial charge in [-0.15, -0.1) is 0 Å². The fourth-order valence-electron chi connectivity index (χ4n) is 2.48. The number of aryl methyl sites for hydroxylation is 1. The van der Waals surface area contributed by atoms with Gasteiger partial charge in [0.2, 0.25) is 0 Å². The number of carbonyl (C=O) groups excluding carboxylic acids is 2. The first-order chi connectivity index (χ1) is 10.8. The predicted molar refractivity (Wildman–Crippen MR) is 92.4 cm³/mol. The second kappa shape index (κ2) is 8.70. The average Bonchev–Trinajstić information content (AvgIpc) is 2.47. The molecule has 0 radical (unpaired) electrons. The fourth-order valence-corrected chi connectivity index (χ4v) is 2.48. The summed E-state index contributed by atoms with van der Waals surface area (Å²) in [4.78, 5) is 24.9. The maximum atomic E-state index is 12.5. The van der Waals surface area contributed by atoms with Gasteiger partial charge in [-0.25, -0.2) is 4.79 Å². The van der Waals surface area contributed by atoms with E-state index in [4.69, 9.17) is 4.74 Å². The molecule has 1 aromatic rings. The number of unbranched alkanes of at least 4 members (excludes halogenated alkanes) is 1. The Morgan fingerprint density at radius 3 is 2.35 bits per heavy atom. The first kappa shape index (κ1) is 19.2. The number of amides is 1. The second-order valence-electron chi connectivity index (χ2n) is 6.69. The van der Waals surface area contributed by atoms with Crippen molar-refractivity contribution in [2.45, 2.75) is 59.5 Å². The van der Waals surface area contributed by atoms with Crippen molar-refractivity contribution in [1.82, 2.24) is 5.32 Å². The van der Waals surface area contributed by atoms with Crippen molar-refractivity contribution in [3.8, 4) is 0 Å². The van der Waals surface area contributed by atoms with Gasteiger partial charge < -0.3 is 10.1 Å². The van der Waals surface area contributed by atoms with Gasteiger partial charge in [0, 0.05) is 6.54 Å². The van der Waals surface area contributed by atoms with E-state index in [1.807, 2.05) is 32.9 Å². The van der Waals surface area contributed by atoms with E-state index < -0.39 is 11.6 Å². The van der Waals surface area contributed by atoms with Crippen molar-refractivity contribution in [2.24, 2.45) is 5.92 Å². The highest BCUT2D eigenvalue weighted by Crippen LogP contribution is 2.23. The van der Waals surface area contributed by atoms with E-state index in [1.54, 1.807) is 19.1 Å². The predicted octanol–water partition coefficient (Wildman–Crippen LogP) is 3.87. The van der Waals surface area contributed by atoms with Crippen molar-refractivity contribution in [3.63, 3.8) is 0 Å². The lowest BCUT2D eigenvalue weighted by Gasteiger charge is -2.30. The van der Waals surface area contributed by atoms with Crippen LogP contribution in [0.4, 0.5) is 0 Å². The molecule has 0 fully saturated rings. The van der Waals surface area contributed by atoms with Gasteiger partial charge in [0.15, 0.2) is 5.60 Å². The summed E-state index contributed by atoms with van der Waals surface area (Å²) in [7, 11) is 0. The van der Waals surface area contributed by atoms with Gasteiger partial charge in [-0.1, -0.05) is 44.9 Å². The van der Waals surface area contributed by atoms with Crippen LogP contribution in [0.2, 0.25) is 0 Å². The molecule has 4 heteroatoms. The molecule has 0 spiro atoms. The van der Waals surface area contributed by atoms with Crippen LogP contribution in [0.1, 0.15) is 62.9 Å². The molecule has 0 aliphatic rings. The molecule has 1 N–H and O–H groups in total. The zero-order valence-corrected chi connectivity index (χ0v) is 14.9. The van der Waals surface area contributed by atoms with E-state index in [2.05, 4.69) is 12.2 Å². The molecule has 0 aliphatic heterocycles. The van der Waals surface area contributed by atoms with Crippen LogP contribution in [0.5, 0.6) is 0 Å². The largest absolute Gasteiger partial charge is 0.446 e. The molecule has 128 valence electrons. The Hall–Kier alpha value is -1.84. The lowest BCUT2D eigenvalue weighted by atomic mass is 9.92. The van der Waals surface area contributed by atoms with Crippen LogP contribution < -0.4 is 5.32 Å². The molecule has 23 heavy (non-hydrogen) atoms. The topological polar surface area (TPSA) is 55.4 Å². The summed E-state index contributed by atoms with van der Waals surface area (Å²) in [6, 6.07) is 7.17. The molecule has 0 saturated carbocycles. The van der Waals surface area contributed by atoms with Gasteiger partial charge in [-0.3, -0.25) is 4.79 Å². The smallest absolute Gasteiger partial charge is 0.339 e. The van der Waals surface area contributed by atoms with Gasteiger partial charge >= 0.3 is 5.97 Å². The van der Waals surface area contributed by atoms with Crippen LogP contribution >= 0.6 is 0 Å². The Labute approximate surface area is 139 Å². The molecule has 1 aromatic carbocycles. The standard InChI is InChI=1S/C19H29NO3/c1-6-7-12-20-18(22)19(5,13-14(2)3)23-17(21)16-10-8-15(4)9-11-16/h8-11,14H,6-7,12-13H2,1-5H3,(H,20,22). The van der Waals surface area contributed by atoms with Crippen molar-refractivity contribution < 1.29 is 14.3 Å². The van der Waals surface area contributed by atoms with Crippen molar-refractivity contribution >= 4 is 11.9 Å². The van der Waals surface area contributed by atoms with E-state index in [-0.39, 0.29) is 11.8 Å². The number of benzene rings is 1. The second-order valence-corrected chi connectivity index (χ2v) is 6.69. The molecular weight excluding hydrogens is 290 g/mol. The quantitative estimate of drug-likeness (QED) is 0.584. The Bertz CT molecular complexity index is 522. The van der Waals surface area contributed by atoms with Gasteiger partial charge in [0.25, 0.3) is 5.91 Å². The summed E-state index contributed by atoms with van der Waals surface area (Å²) in [5.41, 5.74) is 0.389. The number of ether oxygens (including phenoxy) is 1. The summed E-state index contributed by atoms with van der Waals surface area (Å²) < 4.78 is 5.62. The Balaban J connectivity index is 2.85. The summed E-state index contributed by atoms with van der Waals surface area (Å²) in [6.45, 7) is 10.3. The third-order valence-electron chi connectivity index (χ3n) is 3.70. The van der Waals surface area contributed by atoms with Crippen LogP contribution in [0.15, 0.2) is 24.3 Å². The van der Waals surface area contributed by atoms with E-state index >= 15 is 0 Å². The van der Waals surface area contributed by atoms with Crippen molar-refractivity contribution in [2.75, 3.05) is 6.54 Å². The number of nitrogens with one attached hydrogen (secondary N) is 1. The lowest BCUT2D eigenvalue weighted by Crippen LogP contribution is -2.49. The molecule has 0 saturated heterocycles. The molecule has 1 amide bonds. The van der Waals surface area contributed by atoms with E-state index in [0.29, 0.717) is 18.5 Å². The molecule has 4 nitrogen and oxygen atoms in total. The maximum Gasteiger partial charge on any atom is 0.339 e. The minimum absolute atomic E-state index is 0.222. The molecule has 0 aliphatic carbocycles. The molecule has 1 unspecified atom stereocenters. The van der Waals surface area contributed by atoms with Crippen molar-refractivity contribution in [3.05, 3.63) is 35.4 Å². The van der Waals surface area contributed by atoms with Crippen LogP contribution in [-0.4, -0.2) is 24.0 Å². The summed E-state index contributed by atoms with van der Waals surface area (Å²) in [6.07, 6.45) is 2.41.